The quantitative estimate of drug-likeness (QED) is 0.464. The molecule has 0 rings (SSSR count). The van der Waals surface area contributed by atoms with Crippen LogP contribution in [0.2, 0.25) is 0 Å². The molecule has 0 radical (unpaired) electrons. The molecular formula is C11H23NO3. The van der Waals surface area contributed by atoms with Gasteiger partial charge in [0.2, 0.25) is 0 Å². The summed E-state index contributed by atoms with van der Waals surface area (Å²) in [7, 11) is 0. The van der Waals surface area contributed by atoms with Crippen molar-refractivity contribution in [3.05, 3.63) is 0 Å². The molecule has 0 aromatic rings. The van der Waals surface area contributed by atoms with Crippen molar-refractivity contribution in [2.75, 3.05) is 19.8 Å². The van der Waals surface area contributed by atoms with Gasteiger partial charge in [-0.1, -0.05) is 6.92 Å². The van der Waals surface area contributed by atoms with Gasteiger partial charge in [-0.15, -0.1) is 0 Å². The molecule has 2 N–H and O–H groups in total. The topological polar surface area (TPSA) is 61.6 Å². The lowest BCUT2D eigenvalue weighted by molar-refractivity contribution is -0.110. The Labute approximate surface area is 92.1 Å². The highest BCUT2D eigenvalue weighted by molar-refractivity contribution is 5.57. The van der Waals surface area contributed by atoms with E-state index in [1.165, 1.54) is 0 Å². The highest BCUT2D eigenvalue weighted by Gasteiger charge is 2.17. The lowest BCUT2D eigenvalue weighted by Crippen LogP contribution is -2.30. The average molecular weight is 217 g/mol. The van der Waals surface area contributed by atoms with Crippen molar-refractivity contribution in [2.45, 2.75) is 45.3 Å². The first-order chi connectivity index (χ1) is 7.02. The van der Waals surface area contributed by atoms with Gasteiger partial charge in [0.25, 0.3) is 0 Å². The molecule has 0 heterocycles. The molecule has 0 aliphatic rings. The van der Waals surface area contributed by atoms with Crippen molar-refractivity contribution in [2.24, 2.45) is 5.73 Å². The minimum atomic E-state index is -0.510. The lowest BCUT2D eigenvalue weighted by Gasteiger charge is -2.25. The van der Waals surface area contributed by atoms with Crippen LogP contribution in [-0.2, 0) is 14.3 Å². The van der Waals surface area contributed by atoms with Crippen LogP contribution in [0.1, 0.15) is 33.6 Å². The van der Waals surface area contributed by atoms with Crippen LogP contribution in [0.3, 0.4) is 0 Å². The molecule has 0 aromatic carbocycles. The Morgan fingerprint density at radius 1 is 1.40 bits per heavy atom. The summed E-state index contributed by atoms with van der Waals surface area (Å²) >= 11 is 0. The molecule has 0 spiro atoms. The smallest absolute Gasteiger partial charge is 0.139 e. The maximum atomic E-state index is 10.2. The number of hydrogen-bond acceptors (Lipinski definition) is 4. The van der Waals surface area contributed by atoms with Gasteiger partial charge in [0, 0.05) is 13.2 Å². The van der Waals surface area contributed by atoms with E-state index in [-0.39, 0.29) is 12.2 Å². The fourth-order valence-electron chi connectivity index (χ4n) is 1.03. The maximum Gasteiger partial charge on any atom is 0.139 e. The van der Waals surface area contributed by atoms with Crippen LogP contribution in [0.4, 0.5) is 0 Å². The molecular weight excluding hydrogens is 194 g/mol. The molecule has 1 unspecified atom stereocenters. The molecule has 4 heteroatoms. The summed E-state index contributed by atoms with van der Waals surface area (Å²) in [5, 5.41) is 0. The first kappa shape index (κ1) is 14.6. The van der Waals surface area contributed by atoms with E-state index in [1.54, 1.807) is 0 Å². The number of ether oxygens (including phenoxy) is 2. The first-order valence-corrected chi connectivity index (χ1v) is 5.44. The monoisotopic (exact) mass is 217 g/mol. The molecule has 0 saturated carbocycles. The Balaban J connectivity index is 3.51. The molecule has 0 amide bonds. The fourth-order valence-corrected chi connectivity index (χ4v) is 1.03. The molecule has 0 bridgehead atoms. The van der Waals surface area contributed by atoms with Crippen LogP contribution in [0.5, 0.6) is 0 Å². The third-order valence-corrected chi connectivity index (χ3v) is 2.03. The van der Waals surface area contributed by atoms with Crippen molar-refractivity contribution in [3.63, 3.8) is 0 Å². The van der Waals surface area contributed by atoms with Crippen LogP contribution >= 0.6 is 0 Å². The Hall–Kier alpha value is -0.450. The van der Waals surface area contributed by atoms with E-state index in [0.29, 0.717) is 12.9 Å². The zero-order chi connectivity index (χ0) is 11.7. The van der Waals surface area contributed by atoms with Gasteiger partial charge in [0.15, 0.2) is 0 Å². The standard InChI is InChI=1S/C11H23NO3/c1-4-6-15-11(2,3)5-7-14-9-10(12)8-13/h8,10H,4-7,9,12H2,1-3H3. The van der Waals surface area contributed by atoms with E-state index in [0.717, 1.165) is 19.4 Å². The summed E-state index contributed by atoms with van der Waals surface area (Å²) in [6, 6.07) is -0.510. The molecule has 0 aliphatic heterocycles. The van der Waals surface area contributed by atoms with Gasteiger partial charge < -0.3 is 20.0 Å². The number of nitrogens with two attached hydrogens (primary N) is 1. The second-order valence-corrected chi connectivity index (χ2v) is 4.23. The van der Waals surface area contributed by atoms with E-state index < -0.39 is 6.04 Å². The van der Waals surface area contributed by atoms with E-state index in [9.17, 15) is 4.79 Å². The van der Waals surface area contributed by atoms with Crippen molar-refractivity contribution >= 4 is 6.29 Å². The second kappa shape index (κ2) is 7.79. The van der Waals surface area contributed by atoms with Gasteiger partial charge in [-0.05, 0) is 26.7 Å². The summed E-state index contributed by atoms with van der Waals surface area (Å²) in [5.74, 6) is 0. The highest BCUT2D eigenvalue weighted by Crippen LogP contribution is 2.14. The number of hydrogen-bond donors (Lipinski definition) is 1. The molecule has 15 heavy (non-hydrogen) atoms. The Bertz CT molecular complexity index is 171. The normalized spacial score (nSPS) is 13.9. The van der Waals surface area contributed by atoms with Crippen molar-refractivity contribution in [1.82, 2.24) is 0 Å². The lowest BCUT2D eigenvalue weighted by atomic mass is 10.1. The van der Waals surface area contributed by atoms with Gasteiger partial charge >= 0.3 is 0 Å². The van der Waals surface area contributed by atoms with E-state index in [2.05, 4.69) is 6.92 Å². The third kappa shape index (κ3) is 8.54. The van der Waals surface area contributed by atoms with Gasteiger partial charge in [-0.2, -0.15) is 0 Å². The second-order valence-electron chi connectivity index (χ2n) is 4.23. The van der Waals surface area contributed by atoms with E-state index in [4.69, 9.17) is 15.2 Å². The van der Waals surface area contributed by atoms with Crippen molar-refractivity contribution in [3.8, 4) is 0 Å². The zero-order valence-electron chi connectivity index (χ0n) is 9.99. The summed E-state index contributed by atoms with van der Waals surface area (Å²) < 4.78 is 10.9. The molecule has 90 valence electrons. The summed E-state index contributed by atoms with van der Waals surface area (Å²) in [6.07, 6.45) is 2.51. The predicted octanol–water partition coefficient (Wildman–Crippen LogP) is 1.12. The molecule has 0 saturated heterocycles. The molecule has 4 nitrogen and oxygen atoms in total. The molecule has 0 fully saturated rings. The molecule has 0 aliphatic carbocycles. The number of carbonyl (C=O) groups excluding carboxylic acids is 1. The van der Waals surface area contributed by atoms with Gasteiger partial charge in [0.1, 0.15) is 6.29 Å². The molecule has 0 aromatic heterocycles. The van der Waals surface area contributed by atoms with Crippen molar-refractivity contribution in [1.29, 1.82) is 0 Å². The van der Waals surface area contributed by atoms with Crippen LogP contribution in [-0.4, -0.2) is 37.7 Å². The van der Waals surface area contributed by atoms with Crippen molar-refractivity contribution < 1.29 is 14.3 Å². The number of rotatable bonds is 9. The number of aldehydes is 1. The van der Waals surface area contributed by atoms with Crippen LogP contribution in [0.15, 0.2) is 0 Å². The highest BCUT2D eigenvalue weighted by atomic mass is 16.5. The van der Waals surface area contributed by atoms with Gasteiger partial charge in [-0.3, -0.25) is 0 Å². The van der Waals surface area contributed by atoms with E-state index in [1.807, 2.05) is 13.8 Å². The van der Waals surface area contributed by atoms with Gasteiger partial charge in [-0.25, -0.2) is 0 Å². The summed E-state index contributed by atoms with van der Waals surface area (Å²) in [5.41, 5.74) is 5.21. The Kier molecular flexibility index (Phi) is 7.56. The fraction of sp³-hybridized carbons (Fsp3) is 0.909. The Morgan fingerprint density at radius 2 is 2.07 bits per heavy atom. The van der Waals surface area contributed by atoms with Crippen LogP contribution < -0.4 is 5.73 Å². The zero-order valence-corrected chi connectivity index (χ0v) is 9.99. The molecule has 1 atom stereocenters. The SMILES string of the molecule is CCCOC(C)(C)CCOCC(N)C=O. The Morgan fingerprint density at radius 3 is 2.60 bits per heavy atom. The maximum absolute atomic E-state index is 10.2. The summed E-state index contributed by atoms with van der Waals surface area (Å²) in [4.78, 5) is 10.2. The average Bonchev–Trinajstić information content (AvgIpc) is 2.21. The minimum Gasteiger partial charge on any atom is -0.379 e. The predicted molar refractivity (Wildman–Crippen MR) is 59.8 cm³/mol. The summed E-state index contributed by atoms with van der Waals surface area (Å²) in [6.45, 7) is 7.76. The third-order valence-electron chi connectivity index (χ3n) is 2.03. The number of carbonyl (C=O) groups is 1. The van der Waals surface area contributed by atoms with Crippen LogP contribution in [0, 0.1) is 0 Å². The van der Waals surface area contributed by atoms with E-state index >= 15 is 0 Å². The largest absolute Gasteiger partial charge is 0.379 e. The first-order valence-electron chi connectivity index (χ1n) is 5.44. The van der Waals surface area contributed by atoms with Crippen LogP contribution in [0.25, 0.3) is 0 Å². The minimum absolute atomic E-state index is 0.165. The van der Waals surface area contributed by atoms with Gasteiger partial charge in [0.05, 0.1) is 18.2 Å².